The number of ether oxygens (including phenoxy) is 1. The van der Waals surface area contributed by atoms with Gasteiger partial charge in [-0.1, -0.05) is 0 Å². The first-order valence-electron chi connectivity index (χ1n) is 4.45. The third-order valence-corrected chi connectivity index (χ3v) is 1.61. The molecule has 0 heterocycles. The predicted octanol–water partition coefficient (Wildman–Crippen LogP) is -1.28. The summed E-state index contributed by atoms with van der Waals surface area (Å²) in [5.41, 5.74) is 0. The zero-order valence-electron chi connectivity index (χ0n) is 7.81. The van der Waals surface area contributed by atoms with E-state index in [-0.39, 0.29) is 26.4 Å². The molecule has 79 valence electrons. The Balaban J connectivity index is 3.33. The molecule has 0 bridgehead atoms. The van der Waals surface area contributed by atoms with Crippen molar-refractivity contribution in [2.24, 2.45) is 0 Å². The molecule has 0 aliphatic carbocycles. The second kappa shape index (κ2) is 9.88. The smallest absolute Gasteiger partial charge is 0.106 e. The highest BCUT2D eigenvalue weighted by atomic mass is 16.5. The molecule has 0 rings (SSSR count). The summed E-state index contributed by atoms with van der Waals surface area (Å²) in [7, 11) is 0. The van der Waals surface area contributed by atoms with E-state index in [1.807, 2.05) is 4.90 Å². The minimum Gasteiger partial charge on any atom is -0.395 e. The van der Waals surface area contributed by atoms with Crippen LogP contribution in [0.1, 0.15) is 0 Å². The Morgan fingerprint density at radius 3 is 2.08 bits per heavy atom. The Morgan fingerprint density at radius 2 is 1.62 bits per heavy atom. The summed E-state index contributed by atoms with van der Waals surface area (Å²) in [5, 5.41) is 27.3. The van der Waals surface area contributed by atoms with Crippen LogP contribution < -0.4 is 0 Å². The number of aliphatic hydroxyl groups is 2. The zero-order chi connectivity index (χ0) is 9.94. The van der Waals surface area contributed by atoms with E-state index in [4.69, 9.17) is 14.9 Å². The standard InChI is InChI=1S/C8H18NO4/c10-4-1-9(2-5-11)3-7-13-8-6-12/h10-11H,1-8H2. The molecule has 0 aromatic heterocycles. The van der Waals surface area contributed by atoms with Crippen molar-refractivity contribution in [2.45, 2.75) is 0 Å². The lowest BCUT2D eigenvalue weighted by atomic mass is 10.4. The fourth-order valence-corrected chi connectivity index (χ4v) is 0.973. The lowest BCUT2D eigenvalue weighted by Crippen LogP contribution is -2.33. The zero-order valence-corrected chi connectivity index (χ0v) is 7.81. The van der Waals surface area contributed by atoms with Crippen molar-refractivity contribution >= 4 is 0 Å². The van der Waals surface area contributed by atoms with Gasteiger partial charge in [0.2, 0.25) is 0 Å². The van der Waals surface area contributed by atoms with Gasteiger partial charge in [-0.25, -0.2) is 5.11 Å². The highest BCUT2D eigenvalue weighted by Gasteiger charge is 2.02. The molecule has 13 heavy (non-hydrogen) atoms. The Kier molecular flexibility index (Phi) is 9.73. The van der Waals surface area contributed by atoms with Crippen LogP contribution in [0.15, 0.2) is 0 Å². The van der Waals surface area contributed by atoms with E-state index in [1.165, 1.54) is 0 Å². The van der Waals surface area contributed by atoms with Crippen LogP contribution in [0, 0.1) is 0 Å². The summed E-state index contributed by atoms with van der Waals surface area (Å²) in [6.07, 6.45) is 0. The molecule has 0 amide bonds. The Hall–Kier alpha value is -0.200. The van der Waals surface area contributed by atoms with Gasteiger partial charge in [0.05, 0.1) is 26.4 Å². The van der Waals surface area contributed by atoms with Crippen molar-refractivity contribution in [2.75, 3.05) is 52.7 Å². The van der Waals surface area contributed by atoms with Gasteiger partial charge in [0, 0.05) is 19.6 Å². The monoisotopic (exact) mass is 192 g/mol. The molecule has 0 spiro atoms. The lowest BCUT2D eigenvalue weighted by molar-refractivity contribution is 0.0459. The van der Waals surface area contributed by atoms with Crippen molar-refractivity contribution in [1.82, 2.24) is 4.90 Å². The number of rotatable bonds is 9. The Bertz CT molecular complexity index is 96.1. The van der Waals surface area contributed by atoms with Crippen molar-refractivity contribution in [3.05, 3.63) is 0 Å². The van der Waals surface area contributed by atoms with Crippen molar-refractivity contribution in [3.8, 4) is 0 Å². The fourth-order valence-electron chi connectivity index (χ4n) is 0.973. The van der Waals surface area contributed by atoms with Crippen LogP contribution in [0.4, 0.5) is 0 Å². The number of nitrogens with zero attached hydrogens (tertiary/aromatic N) is 1. The van der Waals surface area contributed by atoms with Crippen LogP contribution in [-0.2, 0) is 9.84 Å². The highest BCUT2D eigenvalue weighted by Crippen LogP contribution is 1.87. The van der Waals surface area contributed by atoms with Gasteiger partial charge >= 0.3 is 0 Å². The van der Waals surface area contributed by atoms with Gasteiger partial charge in [-0.2, -0.15) is 0 Å². The molecule has 5 nitrogen and oxygen atoms in total. The van der Waals surface area contributed by atoms with Crippen molar-refractivity contribution in [3.63, 3.8) is 0 Å². The van der Waals surface area contributed by atoms with Gasteiger partial charge in [0.1, 0.15) is 6.61 Å². The molecule has 0 saturated carbocycles. The fraction of sp³-hybridized carbons (Fsp3) is 1.00. The molecule has 0 unspecified atom stereocenters. The molecule has 0 aromatic carbocycles. The minimum atomic E-state index is -0.222. The van der Waals surface area contributed by atoms with E-state index in [1.54, 1.807) is 0 Å². The third kappa shape index (κ3) is 8.14. The topological polar surface area (TPSA) is 72.8 Å². The summed E-state index contributed by atoms with van der Waals surface area (Å²) < 4.78 is 4.99. The van der Waals surface area contributed by atoms with Crippen LogP contribution in [0.3, 0.4) is 0 Å². The summed E-state index contributed by atoms with van der Waals surface area (Å²) in [5.74, 6) is 0. The summed E-state index contributed by atoms with van der Waals surface area (Å²) in [6, 6.07) is 0. The van der Waals surface area contributed by atoms with Crippen LogP contribution in [-0.4, -0.2) is 67.8 Å². The van der Waals surface area contributed by atoms with Gasteiger partial charge in [-0.3, -0.25) is 4.90 Å². The maximum Gasteiger partial charge on any atom is 0.106 e. The third-order valence-electron chi connectivity index (χ3n) is 1.61. The molecule has 0 saturated heterocycles. The van der Waals surface area contributed by atoms with E-state index in [0.717, 1.165) is 0 Å². The lowest BCUT2D eigenvalue weighted by Gasteiger charge is -2.19. The molecular formula is C8H18NO4. The van der Waals surface area contributed by atoms with E-state index < -0.39 is 0 Å². The molecule has 0 fully saturated rings. The highest BCUT2D eigenvalue weighted by molar-refractivity contribution is 4.55. The molecular weight excluding hydrogens is 174 g/mol. The first kappa shape index (κ1) is 12.8. The van der Waals surface area contributed by atoms with Crippen molar-refractivity contribution < 1.29 is 20.1 Å². The van der Waals surface area contributed by atoms with Crippen LogP contribution >= 0.6 is 0 Å². The van der Waals surface area contributed by atoms with Crippen molar-refractivity contribution in [1.29, 1.82) is 0 Å². The number of aliphatic hydroxyl groups excluding tert-OH is 2. The van der Waals surface area contributed by atoms with Gasteiger partial charge in [-0.15, -0.1) is 0 Å². The van der Waals surface area contributed by atoms with Crippen LogP contribution in [0.2, 0.25) is 0 Å². The summed E-state index contributed by atoms with van der Waals surface area (Å²) in [4.78, 5) is 1.88. The first-order valence-corrected chi connectivity index (χ1v) is 4.45. The van der Waals surface area contributed by atoms with E-state index in [9.17, 15) is 5.11 Å². The molecule has 5 heteroatoms. The molecule has 0 aliphatic heterocycles. The summed E-state index contributed by atoms with van der Waals surface area (Å²) in [6.45, 7) is 2.32. The van der Waals surface area contributed by atoms with Gasteiger partial charge in [0.25, 0.3) is 0 Å². The minimum absolute atomic E-state index is 0.0710. The van der Waals surface area contributed by atoms with Gasteiger partial charge in [0.15, 0.2) is 0 Å². The normalized spacial score (nSPS) is 11.1. The molecule has 2 N–H and O–H groups in total. The Morgan fingerprint density at radius 1 is 1.00 bits per heavy atom. The second-order valence-electron chi connectivity index (χ2n) is 2.61. The maximum absolute atomic E-state index is 10.0. The molecule has 0 atom stereocenters. The summed E-state index contributed by atoms with van der Waals surface area (Å²) >= 11 is 0. The number of hydrogen-bond acceptors (Lipinski definition) is 4. The van der Waals surface area contributed by atoms with E-state index in [0.29, 0.717) is 26.2 Å². The van der Waals surface area contributed by atoms with E-state index >= 15 is 0 Å². The van der Waals surface area contributed by atoms with Gasteiger partial charge < -0.3 is 14.9 Å². The van der Waals surface area contributed by atoms with Crippen LogP contribution in [0.25, 0.3) is 0 Å². The maximum atomic E-state index is 10.0. The first-order chi connectivity index (χ1) is 6.35. The van der Waals surface area contributed by atoms with Gasteiger partial charge in [-0.05, 0) is 0 Å². The Labute approximate surface area is 78.5 Å². The molecule has 1 radical (unpaired) electrons. The molecule has 0 aliphatic rings. The van der Waals surface area contributed by atoms with Crippen LogP contribution in [0.5, 0.6) is 0 Å². The SMILES string of the molecule is [O]CCOCCN(CCO)CCO. The molecule has 0 aromatic rings. The number of hydrogen-bond donors (Lipinski definition) is 2. The largest absolute Gasteiger partial charge is 0.395 e. The van der Waals surface area contributed by atoms with E-state index in [2.05, 4.69) is 0 Å². The average molecular weight is 192 g/mol. The second-order valence-corrected chi connectivity index (χ2v) is 2.61. The predicted molar refractivity (Wildman–Crippen MR) is 47.0 cm³/mol. The quantitative estimate of drug-likeness (QED) is 0.446. The average Bonchev–Trinajstić information content (AvgIpc) is 2.13.